The van der Waals surface area contributed by atoms with Gasteiger partial charge in [0.25, 0.3) is 0 Å². The van der Waals surface area contributed by atoms with Crippen LogP contribution >= 0.6 is 12.4 Å². The Morgan fingerprint density at radius 1 is 1.35 bits per heavy atom. The van der Waals surface area contributed by atoms with Crippen molar-refractivity contribution in [2.45, 2.75) is 12.5 Å². The minimum absolute atomic E-state index is 0. The van der Waals surface area contributed by atoms with E-state index >= 15 is 0 Å². The van der Waals surface area contributed by atoms with Crippen molar-refractivity contribution in [2.75, 3.05) is 26.7 Å². The van der Waals surface area contributed by atoms with Crippen LogP contribution < -0.4 is 5.32 Å². The van der Waals surface area contributed by atoms with Crippen LogP contribution in [0.4, 0.5) is 0 Å². The summed E-state index contributed by atoms with van der Waals surface area (Å²) in [6.07, 6.45) is 5.73. The fourth-order valence-electron chi connectivity index (χ4n) is 2.14. The predicted octanol–water partition coefficient (Wildman–Crippen LogP) is 2.42. The Labute approximate surface area is 110 Å². The zero-order valence-corrected chi connectivity index (χ0v) is 11.1. The minimum Gasteiger partial charge on any atom is -0.316 e. The van der Waals surface area contributed by atoms with E-state index in [1.807, 2.05) is 7.05 Å². The smallest absolute Gasteiger partial charge is 0.0204 e. The molecule has 1 aliphatic heterocycles. The molecule has 1 saturated heterocycles. The van der Waals surface area contributed by atoms with Crippen LogP contribution in [-0.4, -0.2) is 37.6 Å². The number of rotatable bonds is 4. The van der Waals surface area contributed by atoms with Crippen molar-refractivity contribution >= 4 is 18.5 Å². The number of nitrogens with one attached hydrogen (secondary N) is 1. The van der Waals surface area contributed by atoms with E-state index in [9.17, 15) is 0 Å². The van der Waals surface area contributed by atoms with E-state index in [-0.39, 0.29) is 12.4 Å². The number of hydrogen-bond donors (Lipinski definition) is 1. The second kappa shape index (κ2) is 7.49. The quantitative estimate of drug-likeness (QED) is 0.886. The highest BCUT2D eigenvalue weighted by Gasteiger charge is 2.19. The maximum absolute atomic E-state index is 3.34. The number of nitrogens with zero attached hydrogens (tertiary/aromatic N) is 1. The van der Waals surface area contributed by atoms with Crippen molar-refractivity contribution < 1.29 is 0 Å². The molecule has 0 amide bonds. The minimum atomic E-state index is 0. The van der Waals surface area contributed by atoms with Crippen molar-refractivity contribution in [2.24, 2.45) is 0 Å². The zero-order valence-electron chi connectivity index (χ0n) is 10.3. The summed E-state index contributed by atoms with van der Waals surface area (Å²) in [5.41, 5.74) is 1.28. The molecule has 0 saturated carbocycles. The van der Waals surface area contributed by atoms with Gasteiger partial charge in [-0.1, -0.05) is 42.5 Å². The third-order valence-electron chi connectivity index (χ3n) is 3.15. The molecular weight excluding hydrogens is 232 g/mol. The molecule has 2 rings (SSSR count). The second-order valence-electron chi connectivity index (χ2n) is 4.35. The first kappa shape index (κ1) is 14.2. The molecule has 0 radical (unpaired) electrons. The number of benzene rings is 1. The standard InChI is InChI=1S/C14H20N2.ClH/c1-15-14-9-11-16(12-14)10-5-8-13-6-3-2-4-7-13;/h2-8,14-15H,9-12H2,1H3;1H/b8-5+;. The molecule has 0 aliphatic carbocycles. The van der Waals surface area contributed by atoms with Gasteiger partial charge in [0.15, 0.2) is 0 Å². The molecule has 0 bridgehead atoms. The summed E-state index contributed by atoms with van der Waals surface area (Å²) in [5, 5.41) is 3.34. The summed E-state index contributed by atoms with van der Waals surface area (Å²) in [7, 11) is 2.05. The molecule has 17 heavy (non-hydrogen) atoms. The predicted molar refractivity (Wildman–Crippen MR) is 76.6 cm³/mol. The largest absolute Gasteiger partial charge is 0.316 e. The Morgan fingerprint density at radius 3 is 2.76 bits per heavy atom. The zero-order chi connectivity index (χ0) is 11.2. The number of likely N-dealkylation sites (N-methyl/N-ethyl adjacent to an activating group) is 1. The highest BCUT2D eigenvalue weighted by molar-refractivity contribution is 5.85. The molecule has 3 heteroatoms. The topological polar surface area (TPSA) is 15.3 Å². The maximum Gasteiger partial charge on any atom is 0.0204 e. The van der Waals surface area contributed by atoms with Gasteiger partial charge in [-0.2, -0.15) is 0 Å². The molecule has 1 heterocycles. The average molecular weight is 253 g/mol. The Bertz CT molecular complexity index is 337. The molecule has 1 fully saturated rings. The second-order valence-corrected chi connectivity index (χ2v) is 4.35. The first-order valence-corrected chi connectivity index (χ1v) is 5.99. The van der Waals surface area contributed by atoms with Crippen molar-refractivity contribution in [3.63, 3.8) is 0 Å². The Kier molecular flexibility index (Phi) is 6.27. The van der Waals surface area contributed by atoms with Gasteiger partial charge in [-0.25, -0.2) is 0 Å². The van der Waals surface area contributed by atoms with Crippen LogP contribution in [0, 0.1) is 0 Å². The molecule has 1 unspecified atom stereocenters. The van der Waals surface area contributed by atoms with Gasteiger partial charge < -0.3 is 5.32 Å². The highest BCUT2D eigenvalue weighted by atomic mass is 35.5. The average Bonchev–Trinajstić information content (AvgIpc) is 2.78. The van der Waals surface area contributed by atoms with Crippen LogP contribution in [0.2, 0.25) is 0 Å². The summed E-state index contributed by atoms with van der Waals surface area (Å²) in [6.45, 7) is 3.45. The van der Waals surface area contributed by atoms with Crippen LogP contribution in [0.1, 0.15) is 12.0 Å². The van der Waals surface area contributed by atoms with Crippen LogP contribution in [0.15, 0.2) is 36.4 Å². The molecule has 1 aliphatic rings. The highest BCUT2D eigenvalue weighted by Crippen LogP contribution is 2.08. The van der Waals surface area contributed by atoms with Crippen molar-refractivity contribution in [3.05, 3.63) is 42.0 Å². The summed E-state index contributed by atoms with van der Waals surface area (Å²) in [6, 6.07) is 11.2. The lowest BCUT2D eigenvalue weighted by Gasteiger charge is -2.12. The van der Waals surface area contributed by atoms with Gasteiger partial charge >= 0.3 is 0 Å². The Balaban J connectivity index is 0.00000144. The SMILES string of the molecule is CNC1CCN(C/C=C/c2ccccc2)C1.Cl. The number of likely N-dealkylation sites (tertiary alicyclic amines) is 1. The summed E-state index contributed by atoms with van der Waals surface area (Å²) in [5.74, 6) is 0. The Morgan fingerprint density at radius 2 is 2.12 bits per heavy atom. The van der Waals surface area contributed by atoms with E-state index in [2.05, 4.69) is 52.7 Å². The number of halogens is 1. The fraction of sp³-hybridized carbons (Fsp3) is 0.429. The van der Waals surface area contributed by atoms with Gasteiger partial charge in [-0.3, -0.25) is 4.90 Å². The molecule has 2 nitrogen and oxygen atoms in total. The van der Waals surface area contributed by atoms with E-state index in [4.69, 9.17) is 0 Å². The summed E-state index contributed by atoms with van der Waals surface area (Å²) in [4.78, 5) is 2.49. The van der Waals surface area contributed by atoms with Crippen molar-refractivity contribution in [1.29, 1.82) is 0 Å². The summed E-state index contributed by atoms with van der Waals surface area (Å²) >= 11 is 0. The van der Waals surface area contributed by atoms with Gasteiger partial charge in [0, 0.05) is 25.7 Å². The maximum atomic E-state index is 3.34. The van der Waals surface area contributed by atoms with E-state index in [0.717, 1.165) is 6.54 Å². The summed E-state index contributed by atoms with van der Waals surface area (Å²) < 4.78 is 0. The van der Waals surface area contributed by atoms with Gasteiger partial charge in [0.05, 0.1) is 0 Å². The molecule has 1 atom stereocenters. The van der Waals surface area contributed by atoms with E-state index in [1.54, 1.807) is 0 Å². The fourth-order valence-corrected chi connectivity index (χ4v) is 2.14. The molecular formula is C14H21ClN2. The monoisotopic (exact) mass is 252 g/mol. The molecule has 1 aromatic carbocycles. The third-order valence-corrected chi connectivity index (χ3v) is 3.15. The molecule has 1 N–H and O–H groups in total. The van der Waals surface area contributed by atoms with Crippen LogP contribution in [0.25, 0.3) is 6.08 Å². The first-order valence-electron chi connectivity index (χ1n) is 5.99. The Hall–Kier alpha value is -0.830. The van der Waals surface area contributed by atoms with Gasteiger partial charge in [-0.15, -0.1) is 12.4 Å². The van der Waals surface area contributed by atoms with Crippen molar-refractivity contribution in [3.8, 4) is 0 Å². The first-order chi connectivity index (χ1) is 7.88. The van der Waals surface area contributed by atoms with Gasteiger partial charge in [0.1, 0.15) is 0 Å². The van der Waals surface area contributed by atoms with Crippen molar-refractivity contribution in [1.82, 2.24) is 10.2 Å². The normalized spacial score (nSPS) is 20.6. The lowest BCUT2D eigenvalue weighted by atomic mass is 10.2. The van der Waals surface area contributed by atoms with E-state index < -0.39 is 0 Å². The lowest BCUT2D eigenvalue weighted by molar-refractivity contribution is 0.366. The van der Waals surface area contributed by atoms with Gasteiger partial charge in [-0.05, 0) is 19.0 Å². The van der Waals surface area contributed by atoms with E-state index in [1.165, 1.54) is 25.1 Å². The van der Waals surface area contributed by atoms with Crippen LogP contribution in [0.5, 0.6) is 0 Å². The number of hydrogen-bond acceptors (Lipinski definition) is 2. The molecule has 0 spiro atoms. The van der Waals surface area contributed by atoms with E-state index in [0.29, 0.717) is 6.04 Å². The third kappa shape index (κ3) is 4.50. The van der Waals surface area contributed by atoms with Crippen LogP contribution in [-0.2, 0) is 0 Å². The lowest BCUT2D eigenvalue weighted by Crippen LogP contribution is -2.29. The molecule has 0 aromatic heterocycles. The van der Waals surface area contributed by atoms with Crippen LogP contribution in [0.3, 0.4) is 0 Å². The molecule has 94 valence electrons. The molecule has 1 aromatic rings. The van der Waals surface area contributed by atoms with Gasteiger partial charge in [0.2, 0.25) is 0 Å².